The van der Waals surface area contributed by atoms with Gasteiger partial charge in [0.1, 0.15) is 6.04 Å². The Balaban J connectivity index is 2.60. The molecule has 1 aliphatic heterocycles. The molecule has 1 heterocycles. The van der Waals surface area contributed by atoms with Gasteiger partial charge in [0, 0.05) is 47.3 Å². The van der Waals surface area contributed by atoms with E-state index < -0.39 is 0 Å². The van der Waals surface area contributed by atoms with Gasteiger partial charge in [0.05, 0.1) is 19.0 Å². The first-order valence-electron chi connectivity index (χ1n) is 6.74. The van der Waals surface area contributed by atoms with Crippen LogP contribution in [-0.2, 0) is 9.59 Å². The molecule has 0 radical (unpaired) electrons. The summed E-state index contributed by atoms with van der Waals surface area (Å²) in [7, 11) is 5.12. The maximum absolute atomic E-state index is 12.1. The molecule has 0 bridgehead atoms. The van der Waals surface area contributed by atoms with Gasteiger partial charge in [-0.1, -0.05) is 0 Å². The van der Waals surface area contributed by atoms with Gasteiger partial charge in [-0.2, -0.15) is 5.26 Å². The fraction of sp³-hybridized carbons (Fsp3) is 0.769. The lowest BCUT2D eigenvalue weighted by molar-refractivity contribution is -0.138. The molecule has 7 nitrogen and oxygen atoms in total. The normalized spacial score (nSPS) is 19.2. The molecule has 7 heteroatoms. The number of nitrogens with one attached hydrogen (secondary N) is 1. The molecule has 0 aromatic heterocycles. The van der Waals surface area contributed by atoms with Crippen molar-refractivity contribution in [2.45, 2.75) is 12.5 Å². The number of piperazine rings is 1. The summed E-state index contributed by atoms with van der Waals surface area (Å²) in [5.74, 6) is -0.0524. The van der Waals surface area contributed by atoms with Gasteiger partial charge in [0.2, 0.25) is 11.8 Å². The molecule has 1 rings (SSSR count). The molecule has 0 saturated carbocycles. The largest absolute Gasteiger partial charge is 0.347 e. The Labute approximate surface area is 120 Å². The highest BCUT2D eigenvalue weighted by molar-refractivity contribution is 5.83. The van der Waals surface area contributed by atoms with Crippen LogP contribution in [0.2, 0.25) is 0 Å². The number of rotatable bonds is 5. The summed E-state index contributed by atoms with van der Waals surface area (Å²) in [5, 5.41) is 11.7. The molecular weight excluding hydrogens is 258 g/mol. The van der Waals surface area contributed by atoms with Crippen LogP contribution in [0.15, 0.2) is 0 Å². The van der Waals surface area contributed by atoms with E-state index in [1.807, 2.05) is 11.0 Å². The summed E-state index contributed by atoms with van der Waals surface area (Å²) in [6.07, 6.45) is 0.323. The van der Waals surface area contributed by atoms with Gasteiger partial charge in [-0.25, -0.2) is 0 Å². The van der Waals surface area contributed by atoms with Gasteiger partial charge in [-0.05, 0) is 0 Å². The van der Waals surface area contributed by atoms with Crippen molar-refractivity contribution in [2.24, 2.45) is 0 Å². The number of likely N-dealkylation sites (N-methyl/N-ethyl adjacent to an activating group) is 2. The Hall–Kier alpha value is -1.65. The van der Waals surface area contributed by atoms with E-state index in [9.17, 15) is 9.59 Å². The first-order chi connectivity index (χ1) is 9.47. The summed E-state index contributed by atoms with van der Waals surface area (Å²) in [6, 6.07) is 1.72. The number of nitrogens with zero attached hydrogens (tertiary/aromatic N) is 4. The zero-order valence-corrected chi connectivity index (χ0v) is 12.4. The lowest BCUT2D eigenvalue weighted by atomic mass is 10.1. The zero-order valence-electron chi connectivity index (χ0n) is 12.4. The minimum atomic E-state index is -0.299. The molecule has 1 aliphatic rings. The van der Waals surface area contributed by atoms with E-state index in [4.69, 9.17) is 5.26 Å². The fourth-order valence-electron chi connectivity index (χ4n) is 2.11. The fourth-order valence-corrected chi connectivity index (χ4v) is 2.11. The molecule has 20 heavy (non-hydrogen) atoms. The molecule has 1 N–H and O–H groups in total. The van der Waals surface area contributed by atoms with Gasteiger partial charge in [0.25, 0.3) is 0 Å². The van der Waals surface area contributed by atoms with Crippen LogP contribution in [0, 0.1) is 11.3 Å². The monoisotopic (exact) mass is 281 g/mol. The molecule has 2 amide bonds. The molecule has 0 spiro atoms. The molecule has 0 aromatic carbocycles. The second-order valence-electron chi connectivity index (χ2n) is 5.15. The predicted octanol–water partition coefficient (Wildman–Crippen LogP) is -1.28. The van der Waals surface area contributed by atoms with Crippen molar-refractivity contribution >= 4 is 11.8 Å². The Morgan fingerprint density at radius 1 is 1.40 bits per heavy atom. The van der Waals surface area contributed by atoms with Crippen LogP contribution in [0.4, 0.5) is 0 Å². The standard InChI is InChI=1S/C13H23N5O2/c1-16(2)13(20)11-9-15-6-8-18(11)10-12(19)17(3)7-4-5-14/h11,15H,4,6-10H2,1-3H3. The smallest absolute Gasteiger partial charge is 0.240 e. The van der Waals surface area contributed by atoms with E-state index in [1.54, 1.807) is 30.9 Å². The Morgan fingerprint density at radius 2 is 2.10 bits per heavy atom. The predicted molar refractivity (Wildman–Crippen MR) is 74.8 cm³/mol. The first kappa shape index (κ1) is 16.4. The van der Waals surface area contributed by atoms with Crippen molar-refractivity contribution in [3.63, 3.8) is 0 Å². The number of carbonyl (C=O) groups excluding carboxylic acids is 2. The highest BCUT2D eigenvalue weighted by Crippen LogP contribution is 2.06. The van der Waals surface area contributed by atoms with Crippen LogP contribution in [0.1, 0.15) is 6.42 Å². The van der Waals surface area contributed by atoms with Gasteiger partial charge in [-0.15, -0.1) is 0 Å². The van der Waals surface area contributed by atoms with E-state index in [0.29, 0.717) is 26.1 Å². The molecular formula is C13H23N5O2. The lowest BCUT2D eigenvalue weighted by Crippen LogP contribution is -2.59. The van der Waals surface area contributed by atoms with E-state index in [0.717, 1.165) is 6.54 Å². The first-order valence-corrected chi connectivity index (χ1v) is 6.74. The summed E-state index contributed by atoms with van der Waals surface area (Å²) in [4.78, 5) is 29.2. The van der Waals surface area contributed by atoms with E-state index in [2.05, 4.69) is 5.32 Å². The average molecular weight is 281 g/mol. The van der Waals surface area contributed by atoms with Crippen molar-refractivity contribution in [1.29, 1.82) is 5.26 Å². The topological polar surface area (TPSA) is 79.7 Å². The summed E-state index contributed by atoms with van der Waals surface area (Å²) in [6.45, 7) is 2.64. The van der Waals surface area contributed by atoms with Gasteiger partial charge in [0.15, 0.2) is 0 Å². The van der Waals surface area contributed by atoms with E-state index >= 15 is 0 Å². The third-order valence-electron chi connectivity index (χ3n) is 3.40. The van der Waals surface area contributed by atoms with Crippen LogP contribution < -0.4 is 5.32 Å². The van der Waals surface area contributed by atoms with E-state index in [-0.39, 0.29) is 24.4 Å². The Kier molecular flexibility index (Phi) is 6.42. The summed E-state index contributed by atoms with van der Waals surface area (Å²) in [5.41, 5.74) is 0. The third-order valence-corrected chi connectivity index (χ3v) is 3.40. The maximum Gasteiger partial charge on any atom is 0.240 e. The number of nitriles is 1. The second kappa shape index (κ2) is 7.82. The summed E-state index contributed by atoms with van der Waals surface area (Å²) < 4.78 is 0. The highest BCUT2D eigenvalue weighted by Gasteiger charge is 2.31. The van der Waals surface area contributed by atoms with Crippen molar-refractivity contribution in [2.75, 3.05) is 53.9 Å². The number of amides is 2. The van der Waals surface area contributed by atoms with Crippen molar-refractivity contribution in [1.82, 2.24) is 20.0 Å². The molecule has 1 atom stereocenters. The molecule has 1 saturated heterocycles. The van der Waals surface area contributed by atoms with Crippen LogP contribution in [-0.4, -0.2) is 86.4 Å². The summed E-state index contributed by atoms with van der Waals surface area (Å²) >= 11 is 0. The minimum Gasteiger partial charge on any atom is -0.347 e. The van der Waals surface area contributed by atoms with Crippen LogP contribution >= 0.6 is 0 Å². The van der Waals surface area contributed by atoms with Crippen LogP contribution in [0.3, 0.4) is 0 Å². The van der Waals surface area contributed by atoms with Crippen LogP contribution in [0.5, 0.6) is 0 Å². The minimum absolute atomic E-state index is 0.00433. The average Bonchev–Trinajstić information content (AvgIpc) is 2.44. The SMILES string of the molecule is CN(C)C(=O)C1CNCCN1CC(=O)N(C)CCC#N. The molecule has 1 unspecified atom stereocenters. The Morgan fingerprint density at radius 3 is 2.70 bits per heavy atom. The van der Waals surface area contributed by atoms with Crippen molar-refractivity contribution < 1.29 is 9.59 Å². The van der Waals surface area contributed by atoms with E-state index in [1.165, 1.54) is 0 Å². The molecule has 1 fully saturated rings. The molecule has 112 valence electrons. The Bertz CT molecular complexity index is 391. The van der Waals surface area contributed by atoms with Crippen LogP contribution in [0.25, 0.3) is 0 Å². The van der Waals surface area contributed by atoms with Crippen molar-refractivity contribution in [3.8, 4) is 6.07 Å². The number of carbonyl (C=O) groups is 2. The zero-order chi connectivity index (χ0) is 15.1. The van der Waals surface area contributed by atoms with Gasteiger partial charge >= 0.3 is 0 Å². The van der Waals surface area contributed by atoms with Crippen molar-refractivity contribution in [3.05, 3.63) is 0 Å². The number of hydrogen-bond donors (Lipinski definition) is 1. The second-order valence-corrected chi connectivity index (χ2v) is 5.15. The quantitative estimate of drug-likeness (QED) is 0.679. The highest BCUT2D eigenvalue weighted by atomic mass is 16.2. The molecule has 0 aliphatic carbocycles. The third kappa shape index (κ3) is 4.47. The van der Waals surface area contributed by atoms with Gasteiger partial charge in [-0.3, -0.25) is 14.5 Å². The van der Waals surface area contributed by atoms with Gasteiger partial charge < -0.3 is 15.1 Å². The maximum atomic E-state index is 12.1. The molecule has 0 aromatic rings. The number of hydrogen-bond acceptors (Lipinski definition) is 5. The lowest BCUT2D eigenvalue weighted by Gasteiger charge is -2.36.